The molecule has 6 nitrogen and oxygen atoms in total. The van der Waals surface area contributed by atoms with Crippen LogP contribution in [0.2, 0.25) is 0 Å². The number of carbonyl (C=O) groups excluding carboxylic acids is 2. The van der Waals surface area contributed by atoms with Crippen molar-refractivity contribution in [3.8, 4) is 11.5 Å². The number of hydrogen-bond donors (Lipinski definition) is 0. The van der Waals surface area contributed by atoms with Crippen LogP contribution in [0.3, 0.4) is 0 Å². The van der Waals surface area contributed by atoms with E-state index in [-0.39, 0.29) is 18.5 Å². The quantitative estimate of drug-likeness (QED) is 0.447. The van der Waals surface area contributed by atoms with Crippen molar-refractivity contribution in [1.82, 2.24) is 0 Å². The Bertz CT molecular complexity index is 827. The molecule has 2 aromatic carbocycles. The van der Waals surface area contributed by atoms with Crippen molar-refractivity contribution in [3.05, 3.63) is 58.1 Å². The first kappa shape index (κ1) is 20.4. The molecule has 0 aromatic heterocycles. The predicted molar refractivity (Wildman–Crippen MR) is 106 cm³/mol. The summed E-state index contributed by atoms with van der Waals surface area (Å²) >= 11 is 3.33. The first-order valence-corrected chi connectivity index (χ1v) is 9.74. The van der Waals surface area contributed by atoms with Gasteiger partial charge in [0.25, 0.3) is 0 Å². The summed E-state index contributed by atoms with van der Waals surface area (Å²) in [4.78, 5) is 24.4. The Balaban J connectivity index is 1.50. The van der Waals surface area contributed by atoms with Gasteiger partial charge in [0, 0.05) is 12.2 Å². The van der Waals surface area contributed by atoms with Gasteiger partial charge in [-0.15, -0.1) is 0 Å². The van der Waals surface area contributed by atoms with Gasteiger partial charge < -0.3 is 18.9 Å². The van der Waals surface area contributed by atoms with Crippen LogP contribution in [-0.4, -0.2) is 44.8 Å². The van der Waals surface area contributed by atoms with Gasteiger partial charge in [-0.05, 0) is 71.2 Å². The number of halogens is 1. The second-order valence-electron chi connectivity index (χ2n) is 6.32. The molecule has 0 radical (unpaired) electrons. The lowest BCUT2D eigenvalue weighted by Gasteiger charge is -2.11. The lowest BCUT2D eigenvalue weighted by molar-refractivity contribution is 0.0474. The van der Waals surface area contributed by atoms with Gasteiger partial charge in [0.1, 0.15) is 18.1 Å². The van der Waals surface area contributed by atoms with E-state index in [9.17, 15) is 9.59 Å². The molecule has 2 aromatic rings. The van der Waals surface area contributed by atoms with Crippen LogP contribution in [0.5, 0.6) is 11.5 Å². The summed E-state index contributed by atoms with van der Waals surface area (Å²) in [5.74, 6) is 0.418. The Morgan fingerprint density at radius 3 is 2.54 bits per heavy atom. The third kappa shape index (κ3) is 5.33. The predicted octanol–water partition coefficient (Wildman–Crippen LogP) is 4.06. The molecular weight excluding hydrogens is 428 g/mol. The summed E-state index contributed by atoms with van der Waals surface area (Å²) < 4.78 is 22.1. The monoisotopic (exact) mass is 448 g/mol. The fourth-order valence-electron chi connectivity index (χ4n) is 2.79. The number of carbonyl (C=O) groups is 2. The molecule has 1 aliphatic rings. The number of ketones is 1. The largest absolute Gasteiger partial charge is 0.496 e. The minimum Gasteiger partial charge on any atom is -0.496 e. The van der Waals surface area contributed by atoms with Crippen molar-refractivity contribution < 1.29 is 28.5 Å². The van der Waals surface area contributed by atoms with Crippen LogP contribution in [0.1, 0.15) is 33.6 Å². The second kappa shape index (κ2) is 9.71. The summed E-state index contributed by atoms with van der Waals surface area (Å²) in [5.41, 5.74) is 0.784. The van der Waals surface area contributed by atoms with Crippen molar-refractivity contribution in [2.45, 2.75) is 18.9 Å². The molecule has 0 N–H and O–H groups in total. The van der Waals surface area contributed by atoms with E-state index >= 15 is 0 Å². The number of Topliss-reactive ketones (excluding diaryl/α,β-unsaturated/α-hetero) is 1. The first-order valence-electron chi connectivity index (χ1n) is 8.95. The van der Waals surface area contributed by atoms with Gasteiger partial charge in [-0.2, -0.15) is 0 Å². The van der Waals surface area contributed by atoms with Crippen LogP contribution in [0.25, 0.3) is 0 Å². The summed E-state index contributed by atoms with van der Waals surface area (Å²) in [6.45, 7) is 0.940. The first-order chi connectivity index (χ1) is 13.6. The Kier molecular flexibility index (Phi) is 7.06. The van der Waals surface area contributed by atoms with Crippen LogP contribution >= 0.6 is 15.9 Å². The molecular formula is C21H21BrO6. The maximum atomic E-state index is 12.2. The van der Waals surface area contributed by atoms with Crippen molar-refractivity contribution >= 4 is 27.7 Å². The van der Waals surface area contributed by atoms with E-state index in [0.717, 1.165) is 19.4 Å². The van der Waals surface area contributed by atoms with Crippen molar-refractivity contribution in [1.29, 1.82) is 0 Å². The molecule has 0 spiro atoms. The van der Waals surface area contributed by atoms with Crippen molar-refractivity contribution in [3.63, 3.8) is 0 Å². The maximum Gasteiger partial charge on any atom is 0.338 e. The minimum atomic E-state index is -0.563. The minimum absolute atomic E-state index is 0.133. The number of benzene rings is 2. The number of ether oxygens (including phenoxy) is 4. The Morgan fingerprint density at radius 1 is 1.14 bits per heavy atom. The van der Waals surface area contributed by atoms with E-state index in [2.05, 4.69) is 15.9 Å². The third-order valence-corrected chi connectivity index (χ3v) is 4.98. The lowest BCUT2D eigenvalue weighted by Crippen LogP contribution is -2.16. The van der Waals surface area contributed by atoms with E-state index in [1.807, 2.05) is 0 Å². The fourth-order valence-corrected chi connectivity index (χ4v) is 3.33. The van der Waals surface area contributed by atoms with E-state index in [0.29, 0.717) is 33.7 Å². The molecule has 28 heavy (non-hydrogen) atoms. The molecule has 0 unspecified atom stereocenters. The highest BCUT2D eigenvalue weighted by Gasteiger charge is 2.16. The van der Waals surface area contributed by atoms with Crippen molar-refractivity contribution in [2.75, 3.05) is 26.9 Å². The summed E-state index contributed by atoms with van der Waals surface area (Å²) in [7, 11) is 1.54. The van der Waals surface area contributed by atoms with Gasteiger partial charge in [0.05, 0.1) is 23.2 Å². The van der Waals surface area contributed by atoms with Crippen LogP contribution in [0.15, 0.2) is 46.9 Å². The molecule has 7 heteroatoms. The van der Waals surface area contributed by atoms with Gasteiger partial charge in [-0.3, -0.25) is 4.79 Å². The maximum absolute atomic E-state index is 12.2. The number of hydrogen-bond acceptors (Lipinski definition) is 6. The topological polar surface area (TPSA) is 71.1 Å². The van der Waals surface area contributed by atoms with Gasteiger partial charge >= 0.3 is 5.97 Å². The molecule has 1 heterocycles. The molecule has 3 rings (SSSR count). The average Bonchev–Trinajstić information content (AvgIpc) is 3.24. The molecule has 0 bridgehead atoms. The standard InChI is InChI=1S/C21H21BrO6/c1-25-20-9-6-15(11-18(20)22)19(23)13-28-21(24)14-4-7-16(8-5-14)27-12-17-3-2-10-26-17/h4-9,11,17H,2-3,10,12-13H2,1H3/t17-/m0/s1. The van der Waals surface area contributed by atoms with Crippen LogP contribution in [0, 0.1) is 0 Å². The van der Waals surface area contributed by atoms with Crippen LogP contribution in [0.4, 0.5) is 0 Å². The van der Waals surface area contributed by atoms with Crippen molar-refractivity contribution in [2.24, 2.45) is 0 Å². The van der Waals surface area contributed by atoms with E-state index in [1.165, 1.54) is 0 Å². The summed E-state index contributed by atoms with van der Waals surface area (Å²) in [6, 6.07) is 11.6. The lowest BCUT2D eigenvalue weighted by atomic mass is 10.1. The highest BCUT2D eigenvalue weighted by Crippen LogP contribution is 2.25. The normalized spacial score (nSPS) is 15.9. The van der Waals surface area contributed by atoms with Gasteiger partial charge in [-0.25, -0.2) is 4.79 Å². The summed E-state index contributed by atoms with van der Waals surface area (Å²) in [6.07, 6.45) is 2.20. The van der Waals surface area contributed by atoms with Gasteiger partial charge in [0.15, 0.2) is 12.4 Å². The number of rotatable bonds is 8. The highest BCUT2D eigenvalue weighted by atomic mass is 79.9. The average molecular weight is 449 g/mol. The zero-order chi connectivity index (χ0) is 19.9. The van der Waals surface area contributed by atoms with Crippen LogP contribution in [-0.2, 0) is 9.47 Å². The smallest absolute Gasteiger partial charge is 0.338 e. The van der Waals surface area contributed by atoms with Crippen LogP contribution < -0.4 is 9.47 Å². The fraction of sp³-hybridized carbons (Fsp3) is 0.333. The highest BCUT2D eigenvalue weighted by molar-refractivity contribution is 9.10. The Labute approximate surface area is 171 Å². The Morgan fingerprint density at radius 2 is 1.89 bits per heavy atom. The third-order valence-electron chi connectivity index (χ3n) is 4.36. The molecule has 1 atom stereocenters. The number of methoxy groups -OCH3 is 1. The van der Waals surface area contributed by atoms with Gasteiger partial charge in [-0.1, -0.05) is 0 Å². The van der Waals surface area contributed by atoms with E-state index in [4.69, 9.17) is 18.9 Å². The SMILES string of the molecule is COc1ccc(C(=O)COC(=O)c2ccc(OC[C@@H]3CCCO3)cc2)cc1Br. The second-order valence-corrected chi connectivity index (χ2v) is 7.17. The molecule has 1 saturated heterocycles. The molecule has 0 aliphatic carbocycles. The Hall–Kier alpha value is -2.38. The zero-order valence-electron chi connectivity index (χ0n) is 15.5. The molecule has 0 amide bonds. The van der Waals surface area contributed by atoms with E-state index in [1.54, 1.807) is 49.6 Å². The molecule has 0 saturated carbocycles. The molecule has 1 aliphatic heterocycles. The molecule has 1 fully saturated rings. The van der Waals surface area contributed by atoms with Gasteiger partial charge in [0.2, 0.25) is 0 Å². The van der Waals surface area contributed by atoms with E-state index < -0.39 is 5.97 Å². The summed E-state index contributed by atoms with van der Waals surface area (Å²) in [5, 5.41) is 0. The number of esters is 1. The zero-order valence-corrected chi connectivity index (χ0v) is 17.1. The molecule has 148 valence electrons.